The van der Waals surface area contributed by atoms with E-state index in [9.17, 15) is 14.8 Å². The molecule has 0 aliphatic rings. The molecule has 4 rings (SSSR count). The quantitative estimate of drug-likeness (QED) is 0.262. The average molecular weight is 438 g/mol. The SMILES string of the molecule is CC(Sc1nnc(-c2ccc(F)cc2)n1C)/C(O)=C(\C#N)c1nc2ccccc2s1. The van der Waals surface area contributed by atoms with E-state index in [4.69, 9.17) is 0 Å². The van der Waals surface area contributed by atoms with E-state index in [0.717, 1.165) is 15.8 Å². The summed E-state index contributed by atoms with van der Waals surface area (Å²) in [4.78, 5) is 4.47. The lowest BCUT2D eigenvalue weighted by Gasteiger charge is -2.11. The van der Waals surface area contributed by atoms with Crippen molar-refractivity contribution in [3.05, 3.63) is 65.1 Å². The normalized spacial score (nSPS) is 13.1. The van der Waals surface area contributed by atoms with Gasteiger partial charge in [0.1, 0.15) is 28.2 Å². The van der Waals surface area contributed by atoms with Crippen molar-refractivity contribution in [2.45, 2.75) is 17.3 Å². The minimum atomic E-state index is -0.448. The molecule has 1 atom stereocenters. The van der Waals surface area contributed by atoms with Crippen LogP contribution in [0.2, 0.25) is 0 Å². The van der Waals surface area contributed by atoms with Crippen LogP contribution in [0.5, 0.6) is 0 Å². The number of hydrogen-bond donors (Lipinski definition) is 1. The topological polar surface area (TPSA) is 87.6 Å². The van der Waals surface area contributed by atoms with Gasteiger partial charge in [0.05, 0.1) is 15.5 Å². The lowest BCUT2D eigenvalue weighted by Crippen LogP contribution is -2.06. The third kappa shape index (κ3) is 3.79. The summed E-state index contributed by atoms with van der Waals surface area (Å²) in [6.07, 6.45) is 0. The molecule has 30 heavy (non-hydrogen) atoms. The highest BCUT2D eigenvalue weighted by molar-refractivity contribution is 7.99. The molecular weight excluding hydrogens is 421 g/mol. The number of nitriles is 1. The molecule has 0 spiro atoms. The second-order valence-electron chi connectivity index (χ2n) is 6.49. The van der Waals surface area contributed by atoms with Crippen molar-refractivity contribution in [1.82, 2.24) is 19.7 Å². The molecule has 0 aliphatic heterocycles. The first-order chi connectivity index (χ1) is 14.5. The van der Waals surface area contributed by atoms with Crippen LogP contribution in [0.25, 0.3) is 27.2 Å². The average Bonchev–Trinajstić information content (AvgIpc) is 3.33. The van der Waals surface area contributed by atoms with Gasteiger partial charge in [-0.15, -0.1) is 21.5 Å². The third-order valence-corrected chi connectivity index (χ3v) is 6.68. The summed E-state index contributed by atoms with van der Waals surface area (Å²) < 4.78 is 15.9. The predicted octanol–water partition coefficient (Wildman–Crippen LogP) is 5.20. The van der Waals surface area contributed by atoms with Crippen molar-refractivity contribution in [2.24, 2.45) is 7.05 Å². The van der Waals surface area contributed by atoms with Gasteiger partial charge in [0, 0.05) is 12.6 Å². The molecule has 2 heterocycles. The number of halogens is 1. The largest absolute Gasteiger partial charge is 0.510 e. The van der Waals surface area contributed by atoms with Gasteiger partial charge in [0.2, 0.25) is 0 Å². The Bertz CT molecular complexity index is 1250. The van der Waals surface area contributed by atoms with Crippen LogP contribution in [0.4, 0.5) is 4.39 Å². The van der Waals surface area contributed by atoms with Crippen LogP contribution in [-0.4, -0.2) is 30.1 Å². The molecule has 0 saturated heterocycles. The Balaban J connectivity index is 1.61. The van der Waals surface area contributed by atoms with Gasteiger partial charge in [-0.05, 0) is 43.3 Å². The van der Waals surface area contributed by atoms with Gasteiger partial charge in [-0.25, -0.2) is 9.37 Å². The molecule has 6 nitrogen and oxygen atoms in total. The van der Waals surface area contributed by atoms with E-state index in [1.54, 1.807) is 30.7 Å². The van der Waals surface area contributed by atoms with E-state index in [1.165, 1.54) is 35.2 Å². The van der Waals surface area contributed by atoms with Gasteiger partial charge in [-0.2, -0.15) is 5.26 Å². The fourth-order valence-corrected chi connectivity index (χ4v) is 4.73. The fraction of sp³-hybridized carbons (Fsp3) is 0.143. The van der Waals surface area contributed by atoms with E-state index < -0.39 is 5.25 Å². The highest BCUT2D eigenvalue weighted by atomic mass is 32.2. The van der Waals surface area contributed by atoms with E-state index in [2.05, 4.69) is 21.3 Å². The molecule has 1 unspecified atom stereocenters. The number of allylic oxidation sites excluding steroid dienone is 1. The molecule has 2 aromatic heterocycles. The van der Waals surface area contributed by atoms with Crippen LogP contribution in [0.15, 0.2) is 59.4 Å². The highest BCUT2D eigenvalue weighted by Gasteiger charge is 2.22. The monoisotopic (exact) mass is 437 g/mol. The maximum absolute atomic E-state index is 13.2. The number of aliphatic hydroxyl groups is 1. The summed E-state index contributed by atoms with van der Waals surface area (Å²) in [6, 6.07) is 15.7. The molecule has 150 valence electrons. The Labute approximate surface area is 180 Å². The Hall–Kier alpha value is -3.22. The van der Waals surface area contributed by atoms with Crippen LogP contribution in [0, 0.1) is 17.1 Å². The Morgan fingerprint density at radius 2 is 1.93 bits per heavy atom. The lowest BCUT2D eigenvalue weighted by molar-refractivity contribution is 0.402. The van der Waals surface area contributed by atoms with Gasteiger partial charge >= 0.3 is 0 Å². The number of aromatic nitrogens is 4. The summed E-state index contributed by atoms with van der Waals surface area (Å²) in [5.74, 6) is 0.200. The highest BCUT2D eigenvalue weighted by Crippen LogP contribution is 2.33. The molecule has 0 fully saturated rings. The number of thioether (sulfide) groups is 1. The molecule has 2 aromatic carbocycles. The molecule has 0 radical (unpaired) electrons. The summed E-state index contributed by atoms with van der Waals surface area (Å²) in [5, 5.41) is 29.4. The Morgan fingerprint density at radius 3 is 2.63 bits per heavy atom. The van der Waals surface area contributed by atoms with Crippen molar-refractivity contribution in [1.29, 1.82) is 5.26 Å². The summed E-state index contributed by atoms with van der Waals surface area (Å²) in [7, 11) is 1.80. The molecule has 0 saturated carbocycles. The van der Waals surface area contributed by atoms with Crippen molar-refractivity contribution < 1.29 is 9.50 Å². The predicted molar refractivity (Wildman–Crippen MR) is 116 cm³/mol. The van der Waals surface area contributed by atoms with Crippen LogP contribution in [0.1, 0.15) is 11.9 Å². The Morgan fingerprint density at radius 1 is 1.20 bits per heavy atom. The number of para-hydroxylation sites is 1. The minimum Gasteiger partial charge on any atom is -0.510 e. The first-order valence-electron chi connectivity index (χ1n) is 8.99. The standard InChI is InChI=1S/C21H16FN5OS2/c1-12(18(28)15(11-23)20-24-16-5-3-4-6-17(16)30-20)29-21-26-25-19(27(21)2)13-7-9-14(22)10-8-13/h3-10,12,28H,1-2H3/b18-15-. The Kier molecular flexibility index (Phi) is 5.53. The van der Waals surface area contributed by atoms with Crippen LogP contribution in [-0.2, 0) is 7.05 Å². The van der Waals surface area contributed by atoms with Crippen molar-refractivity contribution in [3.63, 3.8) is 0 Å². The van der Waals surface area contributed by atoms with Crippen molar-refractivity contribution in [3.8, 4) is 17.5 Å². The third-order valence-electron chi connectivity index (χ3n) is 4.48. The fourth-order valence-electron chi connectivity index (χ4n) is 2.88. The van der Waals surface area contributed by atoms with E-state index in [1.807, 2.05) is 24.3 Å². The van der Waals surface area contributed by atoms with Crippen LogP contribution in [0.3, 0.4) is 0 Å². The number of aliphatic hydroxyl groups excluding tert-OH is 1. The zero-order chi connectivity index (χ0) is 21.3. The summed E-state index contributed by atoms with van der Waals surface area (Å²) in [6.45, 7) is 1.79. The van der Waals surface area contributed by atoms with Crippen LogP contribution < -0.4 is 0 Å². The van der Waals surface area contributed by atoms with Gasteiger partial charge in [0.15, 0.2) is 11.0 Å². The summed E-state index contributed by atoms with van der Waals surface area (Å²) >= 11 is 2.64. The molecule has 0 bridgehead atoms. The van der Waals surface area contributed by atoms with E-state index >= 15 is 0 Å². The van der Waals surface area contributed by atoms with Gasteiger partial charge in [0.25, 0.3) is 0 Å². The lowest BCUT2D eigenvalue weighted by atomic mass is 10.2. The molecule has 4 aromatic rings. The maximum atomic E-state index is 13.2. The number of fused-ring (bicyclic) bond motifs is 1. The first-order valence-corrected chi connectivity index (χ1v) is 10.7. The van der Waals surface area contributed by atoms with E-state index in [-0.39, 0.29) is 17.1 Å². The van der Waals surface area contributed by atoms with Crippen molar-refractivity contribution >= 4 is 38.9 Å². The minimum absolute atomic E-state index is 0.0621. The summed E-state index contributed by atoms with van der Waals surface area (Å²) in [5.41, 5.74) is 1.67. The smallest absolute Gasteiger partial charge is 0.191 e. The zero-order valence-electron chi connectivity index (χ0n) is 16.1. The molecule has 1 N–H and O–H groups in total. The number of hydrogen-bond acceptors (Lipinski definition) is 7. The van der Waals surface area contributed by atoms with Crippen LogP contribution >= 0.6 is 23.1 Å². The molecular formula is C21H16FN5OS2. The van der Waals surface area contributed by atoms with Crippen molar-refractivity contribution in [2.75, 3.05) is 0 Å². The second-order valence-corrected chi connectivity index (χ2v) is 8.83. The molecule has 9 heteroatoms. The van der Waals surface area contributed by atoms with Gasteiger partial charge in [-0.3, -0.25) is 0 Å². The maximum Gasteiger partial charge on any atom is 0.191 e. The molecule has 0 amide bonds. The van der Waals surface area contributed by atoms with Gasteiger partial charge < -0.3 is 9.67 Å². The molecule has 0 aliphatic carbocycles. The number of rotatable bonds is 5. The van der Waals surface area contributed by atoms with E-state index in [0.29, 0.717) is 16.0 Å². The first kappa shape index (κ1) is 20.1. The number of benzene rings is 2. The van der Waals surface area contributed by atoms with Gasteiger partial charge in [-0.1, -0.05) is 23.9 Å². The zero-order valence-corrected chi connectivity index (χ0v) is 17.7. The number of nitrogens with zero attached hydrogens (tertiary/aromatic N) is 5. The number of thiazole rings is 1. The second kappa shape index (κ2) is 8.26.